The van der Waals surface area contributed by atoms with Crippen LogP contribution in [-0.4, -0.2) is 4.57 Å². The average molecular weight is 871 g/mol. The molecule has 11 aromatic carbocycles. The minimum atomic E-state index is 1.08. The van der Waals surface area contributed by atoms with E-state index in [-0.39, 0.29) is 0 Å². The molecule has 2 nitrogen and oxygen atoms in total. The maximum absolute atomic E-state index is 2.43. The lowest BCUT2D eigenvalue weighted by atomic mass is 9.95. The zero-order valence-corrected chi connectivity index (χ0v) is 37.4. The van der Waals surface area contributed by atoms with E-state index in [2.05, 4.69) is 264 Å². The number of nitrogens with zero attached hydrogens (tertiary/aromatic N) is 2. The van der Waals surface area contributed by atoms with Crippen molar-refractivity contribution in [3.05, 3.63) is 255 Å². The van der Waals surface area contributed by atoms with E-state index >= 15 is 0 Å². The summed E-state index contributed by atoms with van der Waals surface area (Å²) >= 11 is 1.86. The van der Waals surface area contributed by atoms with Gasteiger partial charge < -0.3 is 9.47 Å². The average Bonchev–Trinajstić information content (AvgIpc) is 3.95. The molecule has 0 saturated heterocycles. The molecule has 0 bridgehead atoms. The van der Waals surface area contributed by atoms with Gasteiger partial charge >= 0.3 is 0 Å². The van der Waals surface area contributed by atoms with Gasteiger partial charge in [-0.3, -0.25) is 0 Å². The van der Waals surface area contributed by atoms with E-state index in [1.54, 1.807) is 0 Å². The monoisotopic (exact) mass is 870 g/mol. The molecule has 67 heavy (non-hydrogen) atoms. The van der Waals surface area contributed by atoms with Crippen molar-refractivity contribution in [3.63, 3.8) is 0 Å². The SMILES string of the molecule is c1cc(-c2ccc(N(c3ccc(-c4ccccc4-n4c5ccccc5c5ccccc54)cc3)c3ccccc3-c3cccc4sc5ccccc5c34)cc2)cc(-c2cccc3ccccc23)c1. The molecule has 314 valence electrons. The highest BCUT2D eigenvalue weighted by atomic mass is 32.1. The van der Waals surface area contributed by atoms with Crippen molar-refractivity contribution in [1.82, 2.24) is 4.57 Å². The van der Waals surface area contributed by atoms with Crippen molar-refractivity contribution < 1.29 is 0 Å². The Morgan fingerprint density at radius 3 is 1.61 bits per heavy atom. The topological polar surface area (TPSA) is 8.17 Å². The van der Waals surface area contributed by atoms with E-state index in [1.165, 1.54) is 91.7 Å². The summed E-state index contributed by atoms with van der Waals surface area (Å²) in [6, 6.07) is 93.2. The van der Waals surface area contributed by atoms with E-state index < -0.39 is 0 Å². The predicted molar refractivity (Wildman–Crippen MR) is 288 cm³/mol. The molecular formula is C64H42N2S. The molecule has 0 unspecified atom stereocenters. The van der Waals surface area contributed by atoms with Gasteiger partial charge in [-0.1, -0.05) is 188 Å². The van der Waals surface area contributed by atoms with Crippen LogP contribution in [0.25, 0.3) is 103 Å². The number of fused-ring (bicyclic) bond motifs is 7. The zero-order valence-electron chi connectivity index (χ0n) is 36.6. The number of anilines is 3. The Labute approximate surface area is 393 Å². The van der Waals surface area contributed by atoms with Gasteiger partial charge in [0.05, 0.1) is 22.4 Å². The third-order valence-electron chi connectivity index (χ3n) is 13.4. The quantitative estimate of drug-likeness (QED) is 0.148. The van der Waals surface area contributed by atoms with Gasteiger partial charge in [0, 0.05) is 53.4 Å². The highest BCUT2D eigenvalue weighted by molar-refractivity contribution is 7.25. The zero-order chi connectivity index (χ0) is 44.3. The number of benzene rings is 11. The van der Waals surface area contributed by atoms with E-state index in [1.807, 2.05) is 11.3 Å². The summed E-state index contributed by atoms with van der Waals surface area (Å²) in [4.78, 5) is 2.43. The van der Waals surface area contributed by atoms with Crippen LogP contribution in [0.2, 0.25) is 0 Å². The first-order valence-corrected chi connectivity index (χ1v) is 23.7. The predicted octanol–water partition coefficient (Wildman–Crippen LogP) is 18.4. The molecule has 13 aromatic rings. The van der Waals surface area contributed by atoms with Crippen LogP contribution in [-0.2, 0) is 0 Å². The van der Waals surface area contributed by atoms with Gasteiger partial charge in [0.25, 0.3) is 0 Å². The molecule has 0 aliphatic heterocycles. The third kappa shape index (κ3) is 6.63. The highest BCUT2D eigenvalue weighted by Crippen LogP contribution is 2.47. The van der Waals surface area contributed by atoms with Crippen molar-refractivity contribution in [3.8, 4) is 50.2 Å². The molecule has 0 atom stereocenters. The van der Waals surface area contributed by atoms with Crippen LogP contribution in [0.4, 0.5) is 17.1 Å². The normalized spacial score (nSPS) is 11.6. The van der Waals surface area contributed by atoms with Gasteiger partial charge in [0.15, 0.2) is 0 Å². The summed E-state index contributed by atoms with van der Waals surface area (Å²) < 4.78 is 5.02. The standard InChI is InChI=1S/C64H42N2S/c1-2-20-50-44(16-1)17-14-26-51(50)47-19-13-18-46(42-47)43-34-38-48(39-35-43)65(59-29-9-6-24-55(59)56-27-15-33-63-64(56)57-25-7-12-32-62(57)67-63)49-40-36-45(37-41-49)52-21-3-8-28-58(52)66-60-30-10-4-22-53(60)54-23-5-11-31-61(54)66/h1-42H. The van der Waals surface area contributed by atoms with Crippen molar-refractivity contribution in [1.29, 1.82) is 0 Å². The number of hydrogen-bond donors (Lipinski definition) is 0. The van der Waals surface area contributed by atoms with Crippen LogP contribution in [0.15, 0.2) is 255 Å². The van der Waals surface area contributed by atoms with Crippen LogP contribution in [0, 0.1) is 0 Å². The summed E-state index contributed by atoms with van der Waals surface area (Å²) in [5, 5.41) is 7.62. The van der Waals surface area contributed by atoms with Crippen LogP contribution in [0.5, 0.6) is 0 Å². The summed E-state index contributed by atoms with van der Waals surface area (Å²) in [7, 11) is 0. The Kier molecular flexibility index (Phi) is 9.40. The van der Waals surface area contributed by atoms with Crippen LogP contribution in [0.1, 0.15) is 0 Å². The summed E-state index contributed by atoms with van der Waals surface area (Å²) in [5.41, 5.74) is 16.4. The van der Waals surface area contributed by atoms with Gasteiger partial charge in [-0.15, -0.1) is 11.3 Å². The van der Waals surface area contributed by atoms with Crippen LogP contribution in [0.3, 0.4) is 0 Å². The number of rotatable bonds is 8. The molecule has 0 saturated carbocycles. The van der Waals surface area contributed by atoms with Crippen molar-refractivity contribution in [2.75, 3.05) is 4.90 Å². The van der Waals surface area contributed by atoms with Crippen LogP contribution < -0.4 is 4.90 Å². The Bertz CT molecular complexity index is 3930. The Balaban J connectivity index is 0.947. The van der Waals surface area contributed by atoms with Gasteiger partial charge in [0.2, 0.25) is 0 Å². The van der Waals surface area contributed by atoms with E-state index in [9.17, 15) is 0 Å². The van der Waals surface area contributed by atoms with Gasteiger partial charge in [-0.05, 0) is 111 Å². The summed E-state index contributed by atoms with van der Waals surface area (Å²) in [5.74, 6) is 0. The van der Waals surface area contributed by atoms with Gasteiger partial charge in [-0.2, -0.15) is 0 Å². The first-order chi connectivity index (χ1) is 33.2. The Morgan fingerprint density at radius 1 is 0.313 bits per heavy atom. The summed E-state index contributed by atoms with van der Waals surface area (Å²) in [6.07, 6.45) is 0. The van der Waals surface area contributed by atoms with E-state index in [0.717, 1.165) is 28.3 Å². The molecule has 0 aliphatic carbocycles. The molecule has 2 heterocycles. The molecule has 0 amide bonds. The second-order valence-corrected chi connectivity index (χ2v) is 18.3. The Morgan fingerprint density at radius 2 is 0.836 bits per heavy atom. The van der Waals surface area contributed by atoms with E-state index in [0.29, 0.717) is 0 Å². The first kappa shape index (κ1) is 38.9. The molecule has 2 aromatic heterocycles. The van der Waals surface area contributed by atoms with Crippen molar-refractivity contribution in [2.45, 2.75) is 0 Å². The molecule has 3 heteroatoms. The molecule has 0 radical (unpaired) electrons. The molecule has 0 aliphatic rings. The molecule has 0 N–H and O–H groups in total. The number of aromatic nitrogens is 1. The minimum Gasteiger partial charge on any atom is -0.310 e. The lowest BCUT2D eigenvalue weighted by Crippen LogP contribution is -2.11. The molecular weight excluding hydrogens is 829 g/mol. The van der Waals surface area contributed by atoms with Crippen LogP contribution >= 0.6 is 11.3 Å². The second kappa shape index (κ2) is 16.2. The molecule has 0 spiro atoms. The van der Waals surface area contributed by atoms with Crippen molar-refractivity contribution >= 4 is 81.1 Å². The maximum atomic E-state index is 2.43. The third-order valence-corrected chi connectivity index (χ3v) is 14.6. The number of thiophene rings is 1. The van der Waals surface area contributed by atoms with Gasteiger partial charge in [0.1, 0.15) is 0 Å². The summed E-state index contributed by atoms with van der Waals surface area (Å²) in [6.45, 7) is 0. The molecule has 0 fully saturated rings. The lowest BCUT2D eigenvalue weighted by Gasteiger charge is -2.28. The number of para-hydroxylation sites is 4. The first-order valence-electron chi connectivity index (χ1n) is 22.9. The fourth-order valence-corrected chi connectivity index (χ4v) is 11.5. The minimum absolute atomic E-state index is 1.08. The molecule has 13 rings (SSSR count). The highest BCUT2D eigenvalue weighted by Gasteiger charge is 2.21. The second-order valence-electron chi connectivity index (χ2n) is 17.2. The maximum Gasteiger partial charge on any atom is 0.0541 e. The van der Waals surface area contributed by atoms with Gasteiger partial charge in [-0.25, -0.2) is 0 Å². The Hall–Kier alpha value is -8.50. The van der Waals surface area contributed by atoms with Crippen molar-refractivity contribution in [2.24, 2.45) is 0 Å². The number of hydrogen-bond acceptors (Lipinski definition) is 2. The fourth-order valence-electron chi connectivity index (χ4n) is 10.4. The smallest absolute Gasteiger partial charge is 0.0541 e. The van der Waals surface area contributed by atoms with E-state index in [4.69, 9.17) is 0 Å². The lowest BCUT2D eigenvalue weighted by molar-refractivity contribution is 1.18. The fraction of sp³-hybridized carbons (Fsp3) is 0. The largest absolute Gasteiger partial charge is 0.310 e.